The normalized spacial score (nSPS) is 15.7. The predicted molar refractivity (Wildman–Crippen MR) is 141 cm³/mol. The van der Waals surface area contributed by atoms with E-state index in [9.17, 15) is 27.6 Å². The van der Waals surface area contributed by atoms with E-state index >= 15 is 0 Å². The maximum atomic E-state index is 13.7. The van der Waals surface area contributed by atoms with Gasteiger partial charge >= 0.3 is 12.2 Å². The van der Waals surface area contributed by atoms with Crippen molar-refractivity contribution < 1.29 is 27.5 Å². The molecule has 3 amide bonds. The number of nitrogens with zero attached hydrogens (tertiary/aromatic N) is 4. The molecule has 1 saturated heterocycles. The lowest BCUT2D eigenvalue weighted by molar-refractivity contribution is -0.141. The smallest absolute Gasteiger partial charge is 0.434 e. The van der Waals surface area contributed by atoms with Crippen molar-refractivity contribution >= 4 is 34.9 Å². The number of hydrogen-bond acceptors (Lipinski definition) is 7. The van der Waals surface area contributed by atoms with E-state index < -0.39 is 41.9 Å². The number of aromatic nitrogens is 3. The number of imide groups is 1. The van der Waals surface area contributed by atoms with Crippen molar-refractivity contribution in [3.8, 4) is 22.6 Å². The zero-order valence-electron chi connectivity index (χ0n) is 20.6. The Balaban J connectivity index is 1.57. The van der Waals surface area contributed by atoms with Crippen LogP contribution in [-0.2, 0) is 17.6 Å². The van der Waals surface area contributed by atoms with Crippen LogP contribution in [0.3, 0.4) is 0 Å². The molecule has 0 bridgehead atoms. The summed E-state index contributed by atoms with van der Waals surface area (Å²) < 4.78 is 46.6. The average molecular weight is 590 g/mol. The number of carbonyl (C=O) groups is 2. The Kier molecular flexibility index (Phi) is 7.34. The van der Waals surface area contributed by atoms with Gasteiger partial charge in [0.05, 0.1) is 28.2 Å². The van der Waals surface area contributed by atoms with Crippen LogP contribution in [0, 0.1) is 0 Å². The third-order valence-electron chi connectivity index (χ3n) is 6.18. The van der Waals surface area contributed by atoms with Gasteiger partial charge in [0.2, 0.25) is 5.91 Å². The quantitative estimate of drug-likeness (QED) is 0.344. The summed E-state index contributed by atoms with van der Waals surface area (Å²) in [5.74, 6) is -1.18. The summed E-state index contributed by atoms with van der Waals surface area (Å²) in [6.07, 6.45) is -0.0883. The second-order valence-corrected chi connectivity index (χ2v) is 10.3. The van der Waals surface area contributed by atoms with Crippen molar-refractivity contribution in [2.24, 2.45) is 0 Å². The Bertz CT molecular complexity index is 1660. The number of nitrogens with one attached hydrogen (secondary N) is 1. The minimum atomic E-state index is -4.62. The molecule has 1 unspecified atom stereocenters. The fraction of sp³-hybridized carbons (Fsp3) is 0.192. The number of rotatable bonds is 6. The molecular weight excluding hydrogens is 571 g/mol. The van der Waals surface area contributed by atoms with Gasteiger partial charge in [-0.2, -0.15) is 13.2 Å². The summed E-state index contributed by atoms with van der Waals surface area (Å²) in [7, 11) is 1.54. The largest absolute Gasteiger partial charge is 0.488 e. The van der Waals surface area contributed by atoms with E-state index in [0.717, 1.165) is 16.8 Å². The Labute approximate surface area is 233 Å². The zero-order valence-corrected chi connectivity index (χ0v) is 22.2. The molecule has 1 aliphatic rings. The number of hydrogen-bond donors (Lipinski definition) is 1. The molecule has 4 heterocycles. The number of urea groups is 1. The molecule has 206 valence electrons. The maximum absolute atomic E-state index is 13.7. The molecule has 0 spiro atoms. The van der Waals surface area contributed by atoms with Gasteiger partial charge in [-0.05, 0) is 47.5 Å². The number of benzene rings is 1. The monoisotopic (exact) mass is 589 g/mol. The second kappa shape index (κ2) is 10.7. The standard InChI is InChI=1S/C26H19ClF3N5O4S/c1-34-11-20(23(36)33-25(34)38)15-7-19(24(37)35(10-15)17-3-2-4-31-9-17)14-5-16(27)8-18(6-14)39-12-21-22(26(28,29)30)32-13-40-21/h2-10,13,20H,11-12H2,1H3,(H,33,36,38). The van der Waals surface area contributed by atoms with E-state index in [1.54, 1.807) is 25.4 Å². The first-order chi connectivity index (χ1) is 19.0. The van der Waals surface area contributed by atoms with Crippen LogP contribution < -0.4 is 15.6 Å². The van der Waals surface area contributed by atoms with Crippen LogP contribution in [0.1, 0.15) is 22.1 Å². The Morgan fingerprint density at radius 2 is 2.00 bits per heavy atom. The molecule has 4 aromatic rings. The van der Waals surface area contributed by atoms with Crippen molar-refractivity contribution in [1.82, 2.24) is 24.8 Å². The first-order valence-corrected chi connectivity index (χ1v) is 12.9. The zero-order chi connectivity index (χ0) is 28.6. The van der Waals surface area contributed by atoms with Crippen molar-refractivity contribution in [3.63, 3.8) is 0 Å². The van der Waals surface area contributed by atoms with Gasteiger partial charge in [-0.1, -0.05) is 11.6 Å². The molecule has 40 heavy (non-hydrogen) atoms. The molecule has 0 saturated carbocycles. The lowest BCUT2D eigenvalue weighted by Gasteiger charge is -2.29. The van der Waals surface area contributed by atoms with E-state index in [0.29, 0.717) is 16.8 Å². The summed E-state index contributed by atoms with van der Waals surface area (Å²) in [5, 5.41) is 2.47. The highest BCUT2D eigenvalue weighted by Gasteiger charge is 2.36. The minimum Gasteiger partial charge on any atom is -0.488 e. The Morgan fingerprint density at radius 1 is 1.20 bits per heavy atom. The first kappa shape index (κ1) is 27.3. The first-order valence-electron chi connectivity index (χ1n) is 11.7. The third-order valence-corrected chi connectivity index (χ3v) is 7.20. The van der Waals surface area contributed by atoms with Crippen LogP contribution in [0.5, 0.6) is 5.75 Å². The van der Waals surface area contributed by atoms with Crippen LogP contribution in [-0.4, -0.2) is 45.0 Å². The van der Waals surface area contributed by atoms with E-state index in [1.807, 2.05) is 0 Å². The molecule has 5 rings (SSSR count). The van der Waals surface area contributed by atoms with E-state index in [1.165, 1.54) is 46.1 Å². The van der Waals surface area contributed by atoms with Crippen molar-refractivity contribution in [3.05, 3.63) is 92.0 Å². The maximum Gasteiger partial charge on any atom is 0.434 e. The number of ether oxygens (including phenoxy) is 1. The van der Waals surface area contributed by atoms with Crippen molar-refractivity contribution in [1.29, 1.82) is 0 Å². The molecule has 9 nitrogen and oxygen atoms in total. The van der Waals surface area contributed by atoms with Gasteiger partial charge in [0.15, 0.2) is 5.69 Å². The SMILES string of the molecule is CN1CC(c2cc(-c3cc(Cl)cc(OCc4scnc4C(F)(F)F)c3)c(=O)n(-c3cccnc3)c2)C(=O)NC1=O. The van der Waals surface area contributed by atoms with Crippen molar-refractivity contribution in [2.45, 2.75) is 18.7 Å². The van der Waals surface area contributed by atoms with Crippen LogP contribution >= 0.6 is 22.9 Å². The number of pyridine rings is 2. The highest BCUT2D eigenvalue weighted by Crippen LogP contribution is 2.34. The van der Waals surface area contributed by atoms with Crippen LogP contribution in [0.25, 0.3) is 16.8 Å². The molecule has 14 heteroatoms. The molecule has 1 aromatic carbocycles. The minimum absolute atomic E-state index is 0.0790. The summed E-state index contributed by atoms with van der Waals surface area (Å²) >= 11 is 7.13. The number of likely N-dealkylation sites (N-methyl/N-ethyl adjacent to an activating group) is 1. The lowest BCUT2D eigenvalue weighted by atomic mass is 9.94. The molecule has 1 fully saturated rings. The van der Waals surface area contributed by atoms with Crippen LogP contribution in [0.2, 0.25) is 5.02 Å². The van der Waals surface area contributed by atoms with Gasteiger partial charge in [0.1, 0.15) is 12.4 Å². The molecule has 0 radical (unpaired) electrons. The second-order valence-electron chi connectivity index (χ2n) is 8.89. The highest BCUT2D eigenvalue weighted by atomic mass is 35.5. The van der Waals surface area contributed by atoms with Gasteiger partial charge in [-0.15, -0.1) is 11.3 Å². The Hall–Kier alpha value is -4.23. The summed E-state index contributed by atoms with van der Waals surface area (Å²) in [4.78, 5) is 47.1. The molecular formula is C26H19ClF3N5O4S. The number of carbonyl (C=O) groups excluding carboxylic acids is 2. The summed E-state index contributed by atoms with van der Waals surface area (Å²) in [6.45, 7) is -0.336. The molecule has 0 aliphatic carbocycles. The highest BCUT2D eigenvalue weighted by molar-refractivity contribution is 7.09. The Morgan fingerprint density at radius 3 is 2.73 bits per heavy atom. The number of thiazole rings is 1. The average Bonchev–Trinajstić information content (AvgIpc) is 3.40. The number of halogens is 4. The predicted octanol–water partition coefficient (Wildman–Crippen LogP) is 4.87. The van der Waals surface area contributed by atoms with Crippen molar-refractivity contribution in [2.75, 3.05) is 13.6 Å². The van der Waals surface area contributed by atoms with Crippen LogP contribution in [0.15, 0.2) is 65.3 Å². The molecule has 1 atom stereocenters. The van der Waals surface area contributed by atoms with Crippen LogP contribution in [0.4, 0.5) is 18.0 Å². The number of alkyl halides is 3. The van der Waals surface area contributed by atoms with E-state index in [4.69, 9.17) is 16.3 Å². The summed E-state index contributed by atoms with van der Waals surface area (Å²) in [5.41, 5.74) is 0.928. The molecule has 3 aromatic heterocycles. The fourth-order valence-corrected chi connectivity index (χ4v) is 5.15. The van der Waals surface area contributed by atoms with Gasteiger partial charge in [-0.3, -0.25) is 24.5 Å². The van der Waals surface area contributed by atoms with Gasteiger partial charge in [0.25, 0.3) is 5.56 Å². The molecule has 1 N–H and O–H groups in total. The van der Waals surface area contributed by atoms with Gasteiger partial charge in [-0.25, -0.2) is 9.78 Å². The fourth-order valence-electron chi connectivity index (χ4n) is 4.23. The van der Waals surface area contributed by atoms with Gasteiger partial charge in [0, 0.05) is 36.6 Å². The van der Waals surface area contributed by atoms with E-state index in [-0.39, 0.29) is 27.8 Å². The van der Waals surface area contributed by atoms with Gasteiger partial charge < -0.3 is 9.64 Å². The summed E-state index contributed by atoms with van der Waals surface area (Å²) in [6, 6.07) is 8.71. The topological polar surface area (TPSA) is 106 Å². The third kappa shape index (κ3) is 5.56. The lowest BCUT2D eigenvalue weighted by Crippen LogP contribution is -2.51. The van der Waals surface area contributed by atoms with E-state index in [2.05, 4.69) is 15.3 Å². The molecule has 1 aliphatic heterocycles. The number of amides is 3.